The smallest absolute Gasteiger partial charge is 0.273 e. The van der Waals surface area contributed by atoms with Crippen LogP contribution in [0.1, 0.15) is 43.7 Å². The number of hydrogen-bond donors (Lipinski definition) is 1. The van der Waals surface area contributed by atoms with E-state index < -0.39 is 4.92 Å². The van der Waals surface area contributed by atoms with Gasteiger partial charge in [0.25, 0.3) is 5.69 Å². The van der Waals surface area contributed by atoms with E-state index in [1.807, 2.05) is 12.1 Å². The maximum atomic E-state index is 12.1. The molecule has 7 heteroatoms. The van der Waals surface area contributed by atoms with Gasteiger partial charge in [-0.05, 0) is 48.6 Å². The lowest BCUT2D eigenvalue weighted by Gasteiger charge is -2.13. The molecule has 0 aliphatic rings. The average Bonchev–Trinajstić information content (AvgIpc) is 2.65. The van der Waals surface area contributed by atoms with Gasteiger partial charge in [0.05, 0.1) is 30.4 Å². The van der Waals surface area contributed by atoms with Crippen molar-refractivity contribution < 1.29 is 19.2 Å². The van der Waals surface area contributed by atoms with E-state index in [-0.39, 0.29) is 23.8 Å². The predicted octanol–water partition coefficient (Wildman–Crippen LogP) is 4.83. The molecule has 1 amide bonds. The van der Waals surface area contributed by atoms with Gasteiger partial charge >= 0.3 is 0 Å². The third kappa shape index (κ3) is 5.70. The van der Waals surface area contributed by atoms with Gasteiger partial charge in [-0.15, -0.1) is 0 Å². The first-order chi connectivity index (χ1) is 13.3. The Labute approximate surface area is 164 Å². The fourth-order valence-electron chi connectivity index (χ4n) is 2.92. The van der Waals surface area contributed by atoms with Crippen LogP contribution in [-0.4, -0.2) is 24.5 Å². The van der Waals surface area contributed by atoms with E-state index in [0.29, 0.717) is 24.6 Å². The van der Waals surface area contributed by atoms with Gasteiger partial charge in [-0.3, -0.25) is 14.9 Å². The van der Waals surface area contributed by atoms with Crippen molar-refractivity contribution in [1.82, 2.24) is 0 Å². The lowest BCUT2D eigenvalue weighted by atomic mass is 9.98. The van der Waals surface area contributed by atoms with Crippen molar-refractivity contribution in [2.75, 3.05) is 19.0 Å². The highest BCUT2D eigenvalue weighted by Gasteiger charge is 2.13. The first-order valence-corrected chi connectivity index (χ1v) is 9.17. The number of methoxy groups -OCH3 is 1. The van der Waals surface area contributed by atoms with E-state index in [4.69, 9.17) is 9.47 Å². The molecule has 0 atom stereocenters. The topological polar surface area (TPSA) is 90.7 Å². The summed E-state index contributed by atoms with van der Waals surface area (Å²) in [6.07, 6.45) is 0.815. The SMILES string of the molecule is COc1cc([N+](=O)[O-])ccc1NC(=O)CCCOc1ccc(C(C)C)c(C)c1. The Bertz CT molecular complexity index is 849. The fraction of sp³-hybridized carbons (Fsp3) is 0.381. The molecule has 0 aromatic heterocycles. The Kier molecular flexibility index (Phi) is 7.37. The molecule has 2 aromatic rings. The van der Waals surface area contributed by atoms with Gasteiger partial charge < -0.3 is 14.8 Å². The Morgan fingerprint density at radius 1 is 1.21 bits per heavy atom. The lowest BCUT2D eigenvalue weighted by Crippen LogP contribution is -2.13. The van der Waals surface area contributed by atoms with Crippen LogP contribution in [0.25, 0.3) is 0 Å². The quantitative estimate of drug-likeness (QED) is 0.378. The highest BCUT2D eigenvalue weighted by Crippen LogP contribution is 2.29. The standard InChI is InChI=1S/C21H26N2O5/c1-14(2)18-9-8-17(12-15(18)3)28-11-5-6-21(24)22-19-10-7-16(23(25)26)13-20(19)27-4/h7-10,12-14H,5-6,11H2,1-4H3,(H,22,24). The molecule has 0 radical (unpaired) electrons. The van der Waals surface area contributed by atoms with Crippen LogP contribution < -0.4 is 14.8 Å². The number of nitrogens with zero attached hydrogens (tertiary/aromatic N) is 1. The highest BCUT2D eigenvalue weighted by molar-refractivity contribution is 5.92. The molecule has 150 valence electrons. The molecule has 0 bridgehead atoms. The molecule has 0 unspecified atom stereocenters. The molecular weight excluding hydrogens is 360 g/mol. The number of nitrogens with one attached hydrogen (secondary N) is 1. The van der Waals surface area contributed by atoms with Crippen molar-refractivity contribution in [3.05, 3.63) is 57.6 Å². The molecule has 0 fully saturated rings. The lowest BCUT2D eigenvalue weighted by molar-refractivity contribution is -0.384. The minimum absolute atomic E-state index is 0.0953. The van der Waals surface area contributed by atoms with Gasteiger partial charge in [0.2, 0.25) is 5.91 Å². The van der Waals surface area contributed by atoms with Crippen LogP contribution in [0.4, 0.5) is 11.4 Å². The zero-order valence-electron chi connectivity index (χ0n) is 16.7. The monoisotopic (exact) mass is 386 g/mol. The molecule has 0 aliphatic carbocycles. The molecule has 1 N–H and O–H groups in total. The molecule has 28 heavy (non-hydrogen) atoms. The maximum absolute atomic E-state index is 12.1. The van der Waals surface area contributed by atoms with Crippen LogP contribution in [0.5, 0.6) is 11.5 Å². The van der Waals surface area contributed by atoms with E-state index in [2.05, 4.69) is 32.2 Å². The van der Waals surface area contributed by atoms with Crippen molar-refractivity contribution in [2.45, 2.75) is 39.5 Å². The number of carbonyl (C=O) groups is 1. The highest BCUT2D eigenvalue weighted by atomic mass is 16.6. The molecule has 0 spiro atoms. The van der Waals surface area contributed by atoms with E-state index in [1.165, 1.54) is 36.4 Å². The summed E-state index contributed by atoms with van der Waals surface area (Å²) >= 11 is 0. The van der Waals surface area contributed by atoms with E-state index in [1.54, 1.807) is 0 Å². The number of aryl methyl sites for hydroxylation is 1. The van der Waals surface area contributed by atoms with Gasteiger partial charge in [-0.1, -0.05) is 19.9 Å². The number of carbonyl (C=O) groups excluding carboxylic acids is 1. The third-order valence-electron chi connectivity index (χ3n) is 4.35. The average molecular weight is 386 g/mol. The summed E-state index contributed by atoms with van der Waals surface area (Å²) in [4.78, 5) is 22.4. The number of hydrogen-bond acceptors (Lipinski definition) is 5. The van der Waals surface area contributed by atoms with Crippen LogP contribution in [-0.2, 0) is 4.79 Å². The Balaban J connectivity index is 1.83. The molecule has 0 saturated heterocycles. The second-order valence-electron chi connectivity index (χ2n) is 6.81. The molecule has 0 heterocycles. The molecule has 7 nitrogen and oxygen atoms in total. The minimum Gasteiger partial charge on any atom is -0.494 e. The summed E-state index contributed by atoms with van der Waals surface area (Å²) in [5, 5.41) is 13.5. The molecule has 2 aromatic carbocycles. The summed E-state index contributed by atoms with van der Waals surface area (Å²) in [7, 11) is 1.40. The van der Waals surface area contributed by atoms with Crippen LogP contribution in [0.2, 0.25) is 0 Å². The van der Waals surface area contributed by atoms with Crippen LogP contribution in [0.15, 0.2) is 36.4 Å². The number of benzene rings is 2. The second-order valence-corrected chi connectivity index (χ2v) is 6.81. The minimum atomic E-state index is -0.513. The van der Waals surface area contributed by atoms with E-state index in [9.17, 15) is 14.9 Å². The normalized spacial score (nSPS) is 10.6. The first-order valence-electron chi connectivity index (χ1n) is 9.17. The Morgan fingerprint density at radius 3 is 2.57 bits per heavy atom. The number of nitro groups is 1. The van der Waals surface area contributed by atoms with Crippen molar-refractivity contribution in [3.63, 3.8) is 0 Å². The largest absolute Gasteiger partial charge is 0.494 e. The van der Waals surface area contributed by atoms with Gasteiger partial charge in [-0.2, -0.15) is 0 Å². The number of ether oxygens (including phenoxy) is 2. The van der Waals surface area contributed by atoms with Crippen molar-refractivity contribution in [2.24, 2.45) is 0 Å². The fourth-order valence-corrected chi connectivity index (χ4v) is 2.92. The zero-order chi connectivity index (χ0) is 20.7. The second kappa shape index (κ2) is 9.73. The van der Waals surface area contributed by atoms with Crippen molar-refractivity contribution in [1.29, 1.82) is 0 Å². The first kappa shape index (κ1) is 21.2. The number of amides is 1. The summed E-state index contributed by atoms with van der Waals surface area (Å²) in [5.74, 6) is 1.30. The van der Waals surface area contributed by atoms with Crippen molar-refractivity contribution in [3.8, 4) is 11.5 Å². The summed E-state index contributed by atoms with van der Waals surface area (Å²) < 4.78 is 10.8. The molecule has 0 saturated carbocycles. The number of nitro benzene ring substituents is 1. The van der Waals surface area contributed by atoms with Gasteiger partial charge in [-0.25, -0.2) is 0 Å². The maximum Gasteiger partial charge on any atom is 0.273 e. The molecule has 2 rings (SSSR count). The summed E-state index contributed by atoms with van der Waals surface area (Å²) in [5.41, 5.74) is 2.79. The van der Waals surface area contributed by atoms with Crippen LogP contribution in [0.3, 0.4) is 0 Å². The van der Waals surface area contributed by atoms with Crippen molar-refractivity contribution >= 4 is 17.3 Å². The predicted molar refractivity (Wildman–Crippen MR) is 108 cm³/mol. The van der Waals surface area contributed by atoms with Gasteiger partial charge in [0, 0.05) is 12.5 Å². The molecule has 0 aliphatic heterocycles. The van der Waals surface area contributed by atoms with E-state index in [0.717, 1.165) is 5.75 Å². The summed E-state index contributed by atoms with van der Waals surface area (Å²) in [6.45, 7) is 6.79. The van der Waals surface area contributed by atoms with Gasteiger partial charge in [0.15, 0.2) is 0 Å². The zero-order valence-corrected chi connectivity index (χ0v) is 16.7. The number of non-ortho nitro benzene ring substituents is 1. The number of rotatable bonds is 9. The number of anilines is 1. The Morgan fingerprint density at radius 2 is 1.96 bits per heavy atom. The third-order valence-corrected chi connectivity index (χ3v) is 4.35. The van der Waals surface area contributed by atoms with Gasteiger partial charge in [0.1, 0.15) is 11.5 Å². The van der Waals surface area contributed by atoms with Crippen LogP contribution >= 0.6 is 0 Å². The summed E-state index contributed by atoms with van der Waals surface area (Å²) in [6, 6.07) is 10.1. The van der Waals surface area contributed by atoms with Crippen LogP contribution in [0, 0.1) is 17.0 Å². The van der Waals surface area contributed by atoms with E-state index >= 15 is 0 Å². The molecular formula is C21H26N2O5. The Hall–Kier alpha value is -3.09.